The number of para-hydroxylation sites is 2. The predicted molar refractivity (Wildman–Crippen MR) is 306 cm³/mol. The molecule has 82 heavy (non-hydrogen) atoms. The maximum Gasteiger partial charge on any atom is 0.288 e. The van der Waals surface area contributed by atoms with Gasteiger partial charge >= 0.3 is 0 Å². The molecule has 434 valence electrons. The first-order chi connectivity index (χ1) is 39.7. The Morgan fingerprint density at radius 1 is 0.756 bits per heavy atom. The van der Waals surface area contributed by atoms with Gasteiger partial charge in [-0.15, -0.1) is 0 Å². The number of rotatable bonds is 28. The van der Waals surface area contributed by atoms with Crippen molar-refractivity contribution in [1.82, 2.24) is 10.2 Å². The number of carbonyl (C=O) groups is 5. The van der Waals surface area contributed by atoms with Crippen molar-refractivity contribution in [3.8, 4) is 23.0 Å². The summed E-state index contributed by atoms with van der Waals surface area (Å²) in [4.78, 5) is 72.2. The molecule has 0 spiro atoms. The summed E-state index contributed by atoms with van der Waals surface area (Å²) < 4.78 is 78.2. The fraction of sp³-hybridized carbons (Fsp3) is 0.373. The second-order valence-corrected chi connectivity index (χ2v) is 21.3. The number of carbonyl (C=O) groups excluding carboxylic acids is 5. The fourth-order valence-electron chi connectivity index (χ4n) is 10.5. The molecule has 0 bridgehead atoms. The molecule has 4 aliphatic heterocycles. The molecule has 0 fully saturated rings. The molecule has 0 aliphatic carbocycles. The van der Waals surface area contributed by atoms with E-state index in [4.69, 9.17) is 33.2 Å². The number of nitrogens with zero attached hydrogens (tertiary/aromatic N) is 4. The van der Waals surface area contributed by atoms with Crippen LogP contribution in [0.15, 0.2) is 103 Å². The van der Waals surface area contributed by atoms with Gasteiger partial charge in [-0.25, -0.2) is 0 Å². The van der Waals surface area contributed by atoms with Gasteiger partial charge in [-0.1, -0.05) is 36.4 Å². The van der Waals surface area contributed by atoms with Crippen molar-refractivity contribution in [2.24, 2.45) is 0 Å². The highest BCUT2D eigenvalue weighted by Crippen LogP contribution is 2.44. The SMILES string of the molecule is CNc1cc(OCc2cc(COc3cc4c(cc3OC)C(=O)N3c5ccccc5CC3C(S(=O)(=O)O)N4)cc(N(CCCC(=O)NCCN3C(=O)C=CC3=O)CCOCCOCCOC)c2)c(OC)cc1C(=O)N1CCc2ccccc21. The van der Waals surface area contributed by atoms with Crippen LogP contribution in [-0.4, -0.2) is 153 Å². The molecule has 2 atom stereocenters. The maximum absolute atomic E-state index is 14.4. The number of amides is 5. The minimum atomic E-state index is -4.77. The van der Waals surface area contributed by atoms with Crippen LogP contribution < -0.4 is 49.6 Å². The first-order valence-corrected chi connectivity index (χ1v) is 28.4. The van der Waals surface area contributed by atoms with Crippen LogP contribution in [0.5, 0.6) is 23.0 Å². The smallest absolute Gasteiger partial charge is 0.288 e. The number of benzene rings is 5. The quantitative estimate of drug-likeness (QED) is 0.0269. The zero-order chi connectivity index (χ0) is 57.9. The minimum Gasteiger partial charge on any atom is -0.493 e. The number of hydrogen-bond donors (Lipinski definition) is 4. The lowest BCUT2D eigenvalue weighted by Gasteiger charge is -2.27. The van der Waals surface area contributed by atoms with Crippen LogP contribution in [-0.2, 0) is 64.8 Å². The molecule has 0 aromatic heterocycles. The molecule has 2 unspecified atom stereocenters. The van der Waals surface area contributed by atoms with Gasteiger partial charge in [0.2, 0.25) is 5.91 Å². The Bertz CT molecular complexity index is 3320. The van der Waals surface area contributed by atoms with Crippen molar-refractivity contribution < 1.29 is 70.1 Å². The van der Waals surface area contributed by atoms with Gasteiger partial charge in [-0.2, -0.15) is 8.42 Å². The Hall–Kier alpha value is -8.22. The summed E-state index contributed by atoms with van der Waals surface area (Å²) in [6.45, 7) is 3.15. The van der Waals surface area contributed by atoms with E-state index in [1.54, 1.807) is 49.4 Å². The van der Waals surface area contributed by atoms with E-state index in [2.05, 4.69) is 20.9 Å². The first-order valence-electron chi connectivity index (χ1n) is 26.9. The largest absolute Gasteiger partial charge is 0.493 e. The normalized spacial score (nSPS) is 16.0. The van der Waals surface area contributed by atoms with Crippen LogP contribution in [0, 0.1) is 0 Å². The average molecular weight is 1150 g/mol. The lowest BCUT2D eigenvalue weighted by molar-refractivity contribution is -0.137. The highest BCUT2D eigenvalue weighted by Gasteiger charge is 2.47. The molecule has 23 heteroatoms. The number of anilines is 5. The Morgan fingerprint density at radius 2 is 1.40 bits per heavy atom. The van der Waals surface area contributed by atoms with Crippen LogP contribution in [0.3, 0.4) is 0 Å². The minimum absolute atomic E-state index is 0.00225. The van der Waals surface area contributed by atoms with Gasteiger partial charge in [0, 0.05) is 94.6 Å². The Kier molecular flexibility index (Phi) is 18.9. The third kappa shape index (κ3) is 13.4. The van der Waals surface area contributed by atoms with Crippen LogP contribution in [0.25, 0.3) is 0 Å². The summed E-state index contributed by atoms with van der Waals surface area (Å²) in [5.74, 6) is -0.775. The van der Waals surface area contributed by atoms with Gasteiger partial charge in [0.15, 0.2) is 28.4 Å². The average Bonchev–Trinajstić information content (AvgIpc) is 3.30. The van der Waals surface area contributed by atoms with Gasteiger partial charge in [-0.05, 0) is 84.0 Å². The third-order valence-corrected chi connectivity index (χ3v) is 15.6. The van der Waals surface area contributed by atoms with Crippen LogP contribution in [0.1, 0.15) is 55.8 Å². The van der Waals surface area contributed by atoms with E-state index in [-0.39, 0.29) is 80.3 Å². The van der Waals surface area contributed by atoms with Crippen molar-refractivity contribution in [3.05, 3.63) is 137 Å². The molecule has 0 saturated heterocycles. The van der Waals surface area contributed by atoms with E-state index >= 15 is 0 Å². The molecule has 22 nitrogen and oxygen atoms in total. The summed E-state index contributed by atoms with van der Waals surface area (Å²) in [6.07, 6.45) is 3.83. The fourth-order valence-corrected chi connectivity index (χ4v) is 11.4. The highest BCUT2D eigenvalue weighted by molar-refractivity contribution is 7.86. The van der Waals surface area contributed by atoms with E-state index < -0.39 is 39.3 Å². The number of fused-ring (bicyclic) bond motifs is 5. The van der Waals surface area contributed by atoms with E-state index in [1.165, 1.54) is 43.4 Å². The monoisotopic (exact) mass is 1150 g/mol. The predicted octanol–water partition coefficient (Wildman–Crippen LogP) is 5.62. The lowest BCUT2D eigenvalue weighted by Crippen LogP contribution is -2.49. The molecular weight excluding hydrogens is 1080 g/mol. The molecule has 9 rings (SSSR count). The summed E-state index contributed by atoms with van der Waals surface area (Å²) >= 11 is 0. The number of ether oxygens (including phenoxy) is 7. The van der Waals surface area contributed by atoms with Crippen molar-refractivity contribution in [2.45, 2.75) is 50.3 Å². The van der Waals surface area contributed by atoms with Crippen molar-refractivity contribution in [3.63, 3.8) is 0 Å². The highest BCUT2D eigenvalue weighted by atomic mass is 32.2. The van der Waals surface area contributed by atoms with Gasteiger partial charge in [0.1, 0.15) is 13.2 Å². The first kappa shape index (κ1) is 58.4. The Morgan fingerprint density at radius 3 is 2.09 bits per heavy atom. The number of hydrogen-bond acceptors (Lipinski definition) is 17. The summed E-state index contributed by atoms with van der Waals surface area (Å²) in [5.41, 5.74) is 6.45. The van der Waals surface area contributed by atoms with Crippen LogP contribution in [0.4, 0.5) is 28.4 Å². The van der Waals surface area contributed by atoms with Gasteiger partial charge < -0.3 is 63.8 Å². The molecule has 5 aromatic rings. The number of imide groups is 1. The molecule has 4 N–H and O–H groups in total. The molecule has 5 amide bonds. The van der Waals surface area contributed by atoms with E-state index in [0.29, 0.717) is 97.7 Å². The topological polar surface area (TPSA) is 253 Å². The van der Waals surface area contributed by atoms with Crippen LogP contribution in [0.2, 0.25) is 0 Å². The maximum atomic E-state index is 14.4. The van der Waals surface area contributed by atoms with Crippen molar-refractivity contribution in [1.29, 1.82) is 0 Å². The van der Waals surface area contributed by atoms with Gasteiger partial charge in [0.25, 0.3) is 33.7 Å². The van der Waals surface area contributed by atoms with E-state index in [1.807, 2.05) is 48.5 Å². The van der Waals surface area contributed by atoms with Gasteiger partial charge in [0.05, 0.1) is 75.8 Å². The van der Waals surface area contributed by atoms with E-state index in [9.17, 15) is 36.9 Å². The second-order valence-electron chi connectivity index (χ2n) is 19.7. The molecule has 4 aliphatic rings. The van der Waals surface area contributed by atoms with E-state index in [0.717, 1.165) is 28.1 Å². The number of nitrogens with one attached hydrogen (secondary N) is 3. The third-order valence-electron chi connectivity index (χ3n) is 14.6. The summed E-state index contributed by atoms with van der Waals surface area (Å²) in [7, 11) is 1.48. The molecular formula is C59H67N7O15S. The molecule has 5 aromatic carbocycles. The molecule has 0 saturated carbocycles. The number of methoxy groups -OCH3 is 3. The summed E-state index contributed by atoms with van der Waals surface area (Å²) in [6, 6.07) is 26.1. The molecule has 4 heterocycles. The van der Waals surface area contributed by atoms with Crippen molar-refractivity contribution in [2.75, 3.05) is 119 Å². The molecule has 0 radical (unpaired) electrons. The second kappa shape index (κ2) is 26.6. The Labute approximate surface area is 475 Å². The van der Waals surface area contributed by atoms with Crippen LogP contribution >= 0.6 is 0 Å². The Balaban J connectivity index is 1.00. The van der Waals surface area contributed by atoms with Gasteiger partial charge in [-0.3, -0.25) is 33.4 Å². The van der Waals surface area contributed by atoms with Crippen molar-refractivity contribution >= 4 is 68.1 Å². The zero-order valence-corrected chi connectivity index (χ0v) is 47.0. The summed E-state index contributed by atoms with van der Waals surface area (Å²) in [5, 5.41) is 7.34. The zero-order valence-electron chi connectivity index (χ0n) is 46.1. The lowest BCUT2D eigenvalue weighted by atomic mass is 10.1. The standard InChI is InChI=1S/C59H67N7O15S/c1-60-45-34-52(50(76-3)32-43(45)58(70)64-20-17-40-10-5-7-12-47(40)64)80-36-38-28-39(30-42(29-38)63(22-23-78-26-27-79-25-24-75-2)19-9-14-54(67)61-18-21-65-55(68)15-16-56(65)69)37-81-53-35-46-44(33-51(53)77-4)59(71)66-48-13-8-6-11-41(48)31-49(66)57(62-46)82(72,73)74/h5-8,10-13,15-16,28-30,32-35,49,57,60,62H,9,14,17-27,31,36-37H2,1-4H3,(H,61,67)(H,72,73,74).